The molecule has 0 aromatic carbocycles. The average molecular weight is 180 g/mol. The van der Waals surface area contributed by atoms with Crippen molar-refractivity contribution in [3.8, 4) is 5.88 Å². The monoisotopic (exact) mass is 180 g/mol. The molecule has 4 heteroatoms. The highest BCUT2D eigenvalue weighted by atomic mass is 16.5. The maximum absolute atomic E-state index is 10.9. The van der Waals surface area contributed by atoms with Gasteiger partial charge in [-0.05, 0) is 19.9 Å². The van der Waals surface area contributed by atoms with Gasteiger partial charge in [0.15, 0.2) is 5.60 Å². The van der Waals surface area contributed by atoms with Gasteiger partial charge in [-0.1, -0.05) is 6.07 Å². The van der Waals surface area contributed by atoms with Crippen LogP contribution in [0.15, 0.2) is 24.4 Å². The number of amides is 1. The third-order valence-electron chi connectivity index (χ3n) is 1.59. The Bertz CT molecular complexity index is 296. The number of carbonyl (C=O) groups is 1. The number of pyridine rings is 1. The van der Waals surface area contributed by atoms with Crippen LogP contribution in [0.2, 0.25) is 0 Å². The fourth-order valence-corrected chi connectivity index (χ4v) is 0.719. The Hall–Kier alpha value is -1.58. The summed E-state index contributed by atoms with van der Waals surface area (Å²) in [6.07, 6.45) is 1.59. The number of primary amides is 1. The minimum Gasteiger partial charge on any atom is -0.462 e. The van der Waals surface area contributed by atoms with E-state index >= 15 is 0 Å². The van der Waals surface area contributed by atoms with Gasteiger partial charge in [0, 0.05) is 12.3 Å². The number of rotatable bonds is 3. The molecule has 1 aromatic rings. The molecule has 1 amide bonds. The summed E-state index contributed by atoms with van der Waals surface area (Å²) in [4.78, 5) is 14.8. The van der Waals surface area contributed by atoms with Crippen LogP contribution in [0, 0.1) is 0 Å². The Kier molecular flexibility index (Phi) is 2.51. The van der Waals surface area contributed by atoms with Crippen molar-refractivity contribution >= 4 is 5.91 Å². The SMILES string of the molecule is CC(C)(Oc1ccccn1)C(N)=O. The van der Waals surface area contributed by atoms with E-state index in [0.29, 0.717) is 5.88 Å². The van der Waals surface area contributed by atoms with Crippen molar-refractivity contribution in [1.82, 2.24) is 4.98 Å². The molecular formula is C9H12N2O2. The zero-order valence-corrected chi connectivity index (χ0v) is 7.65. The number of hydrogen-bond donors (Lipinski definition) is 1. The number of nitrogens with zero attached hydrogens (tertiary/aromatic N) is 1. The number of ether oxygens (including phenoxy) is 1. The van der Waals surface area contributed by atoms with Gasteiger partial charge in [0.1, 0.15) is 0 Å². The lowest BCUT2D eigenvalue weighted by molar-refractivity contribution is -0.130. The zero-order chi connectivity index (χ0) is 9.90. The van der Waals surface area contributed by atoms with Gasteiger partial charge in [-0.3, -0.25) is 4.79 Å². The van der Waals surface area contributed by atoms with E-state index < -0.39 is 11.5 Å². The molecule has 0 radical (unpaired) electrons. The maximum atomic E-state index is 10.9. The van der Waals surface area contributed by atoms with Crippen LogP contribution < -0.4 is 10.5 Å². The van der Waals surface area contributed by atoms with E-state index in [2.05, 4.69) is 4.98 Å². The molecule has 0 unspecified atom stereocenters. The number of nitrogens with two attached hydrogens (primary N) is 1. The number of hydrogen-bond acceptors (Lipinski definition) is 3. The lowest BCUT2D eigenvalue weighted by Gasteiger charge is -2.21. The van der Waals surface area contributed by atoms with Crippen LogP contribution >= 0.6 is 0 Å². The largest absolute Gasteiger partial charge is 0.462 e. The van der Waals surface area contributed by atoms with E-state index in [1.165, 1.54) is 0 Å². The first-order valence-electron chi connectivity index (χ1n) is 3.92. The first-order chi connectivity index (χ1) is 6.02. The topological polar surface area (TPSA) is 65.2 Å². The summed E-state index contributed by atoms with van der Waals surface area (Å²) in [5.74, 6) is -0.121. The predicted molar refractivity (Wildman–Crippen MR) is 48.1 cm³/mol. The van der Waals surface area contributed by atoms with Crippen molar-refractivity contribution in [3.63, 3.8) is 0 Å². The van der Waals surface area contributed by atoms with Gasteiger partial charge in [0.05, 0.1) is 0 Å². The lowest BCUT2D eigenvalue weighted by atomic mass is 10.1. The van der Waals surface area contributed by atoms with E-state index in [4.69, 9.17) is 10.5 Å². The van der Waals surface area contributed by atoms with E-state index in [9.17, 15) is 4.79 Å². The molecule has 0 spiro atoms. The zero-order valence-electron chi connectivity index (χ0n) is 7.65. The summed E-state index contributed by atoms with van der Waals surface area (Å²) in [6, 6.07) is 5.22. The summed E-state index contributed by atoms with van der Waals surface area (Å²) < 4.78 is 5.28. The van der Waals surface area contributed by atoms with Crippen LogP contribution in [0.4, 0.5) is 0 Å². The first kappa shape index (κ1) is 9.51. The van der Waals surface area contributed by atoms with E-state index in [-0.39, 0.29) is 0 Å². The summed E-state index contributed by atoms with van der Waals surface area (Å²) in [6.45, 7) is 3.20. The highest BCUT2D eigenvalue weighted by molar-refractivity contribution is 5.82. The molecule has 1 aromatic heterocycles. The van der Waals surface area contributed by atoms with Crippen LogP contribution in [-0.2, 0) is 4.79 Å². The molecule has 0 aliphatic rings. The first-order valence-corrected chi connectivity index (χ1v) is 3.92. The van der Waals surface area contributed by atoms with Crippen molar-refractivity contribution in [2.75, 3.05) is 0 Å². The second-order valence-corrected chi connectivity index (χ2v) is 3.14. The van der Waals surface area contributed by atoms with Crippen LogP contribution in [0.1, 0.15) is 13.8 Å². The van der Waals surface area contributed by atoms with Gasteiger partial charge in [0.25, 0.3) is 5.91 Å². The summed E-state index contributed by atoms with van der Waals surface area (Å²) in [5, 5.41) is 0. The molecule has 0 fully saturated rings. The normalized spacial score (nSPS) is 10.9. The van der Waals surface area contributed by atoms with Crippen molar-refractivity contribution < 1.29 is 9.53 Å². The standard InChI is InChI=1S/C9H12N2O2/c1-9(2,8(10)12)13-7-5-3-4-6-11-7/h3-6H,1-2H3,(H2,10,12). The molecular weight excluding hydrogens is 168 g/mol. The summed E-state index contributed by atoms with van der Waals surface area (Å²) in [7, 11) is 0. The Morgan fingerprint density at radius 2 is 2.23 bits per heavy atom. The second-order valence-electron chi connectivity index (χ2n) is 3.14. The van der Waals surface area contributed by atoms with Crippen molar-refractivity contribution in [2.45, 2.75) is 19.4 Å². The van der Waals surface area contributed by atoms with Crippen LogP contribution in [0.25, 0.3) is 0 Å². The lowest BCUT2D eigenvalue weighted by Crippen LogP contribution is -2.43. The molecule has 0 saturated carbocycles. The van der Waals surface area contributed by atoms with Gasteiger partial charge < -0.3 is 10.5 Å². The molecule has 2 N–H and O–H groups in total. The van der Waals surface area contributed by atoms with Gasteiger partial charge in [-0.15, -0.1) is 0 Å². The summed E-state index contributed by atoms with van der Waals surface area (Å²) >= 11 is 0. The van der Waals surface area contributed by atoms with Crippen molar-refractivity contribution in [1.29, 1.82) is 0 Å². The predicted octanol–water partition coefficient (Wildman–Crippen LogP) is 0.724. The van der Waals surface area contributed by atoms with Gasteiger partial charge in [-0.25, -0.2) is 4.98 Å². The molecule has 13 heavy (non-hydrogen) atoms. The smallest absolute Gasteiger partial charge is 0.261 e. The second kappa shape index (κ2) is 3.43. The summed E-state index contributed by atoms with van der Waals surface area (Å²) in [5.41, 5.74) is 4.11. The van der Waals surface area contributed by atoms with Crippen LogP contribution in [0.5, 0.6) is 5.88 Å². The van der Waals surface area contributed by atoms with Crippen LogP contribution in [-0.4, -0.2) is 16.5 Å². The number of carbonyl (C=O) groups excluding carboxylic acids is 1. The molecule has 1 rings (SSSR count). The fourth-order valence-electron chi connectivity index (χ4n) is 0.719. The molecule has 0 aliphatic carbocycles. The molecule has 0 atom stereocenters. The molecule has 1 heterocycles. The third kappa shape index (κ3) is 2.43. The molecule has 0 saturated heterocycles. The van der Waals surface area contributed by atoms with E-state index in [1.807, 2.05) is 0 Å². The highest BCUT2D eigenvalue weighted by Gasteiger charge is 2.27. The average Bonchev–Trinajstić information content (AvgIpc) is 2.05. The van der Waals surface area contributed by atoms with Gasteiger partial charge in [-0.2, -0.15) is 0 Å². The van der Waals surface area contributed by atoms with Gasteiger partial charge >= 0.3 is 0 Å². The Balaban J connectivity index is 2.75. The molecule has 0 bridgehead atoms. The fraction of sp³-hybridized carbons (Fsp3) is 0.333. The Labute approximate surface area is 76.7 Å². The van der Waals surface area contributed by atoms with Gasteiger partial charge in [0.2, 0.25) is 5.88 Å². The molecule has 4 nitrogen and oxygen atoms in total. The number of aromatic nitrogens is 1. The Morgan fingerprint density at radius 1 is 1.54 bits per heavy atom. The molecule has 0 aliphatic heterocycles. The van der Waals surface area contributed by atoms with Crippen molar-refractivity contribution in [3.05, 3.63) is 24.4 Å². The minimum atomic E-state index is -1.02. The van der Waals surface area contributed by atoms with E-state index in [0.717, 1.165) is 0 Å². The highest BCUT2D eigenvalue weighted by Crippen LogP contribution is 2.13. The minimum absolute atomic E-state index is 0.395. The molecule has 70 valence electrons. The van der Waals surface area contributed by atoms with E-state index in [1.54, 1.807) is 38.2 Å². The quantitative estimate of drug-likeness (QED) is 0.745. The third-order valence-corrected chi connectivity index (χ3v) is 1.59. The van der Waals surface area contributed by atoms with Crippen molar-refractivity contribution in [2.24, 2.45) is 5.73 Å². The van der Waals surface area contributed by atoms with Crippen LogP contribution in [0.3, 0.4) is 0 Å². The Morgan fingerprint density at radius 3 is 2.69 bits per heavy atom. The maximum Gasteiger partial charge on any atom is 0.261 e.